The fourth-order valence-electron chi connectivity index (χ4n) is 2.06. The Bertz CT molecular complexity index is 449. The van der Waals surface area contributed by atoms with E-state index < -0.39 is 0 Å². The van der Waals surface area contributed by atoms with Gasteiger partial charge in [-0.1, -0.05) is 26.0 Å². The Hall–Kier alpha value is -1.46. The van der Waals surface area contributed by atoms with Crippen LogP contribution in [-0.2, 0) is 11.3 Å². The lowest BCUT2D eigenvalue weighted by atomic mass is 10.1. The van der Waals surface area contributed by atoms with Crippen LogP contribution in [0.4, 0.5) is 4.39 Å². The number of ether oxygens (including phenoxy) is 1. The van der Waals surface area contributed by atoms with Gasteiger partial charge in [-0.2, -0.15) is 0 Å². The Morgan fingerprint density at radius 2 is 2.15 bits per heavy atom. The molecule has 0 aliphatic rings. The monoisotopic (exact) mass is 281 g/mol. The minimum Gasteiger partial charge on any atom is -0.384 e. The molecular weight excluding hydrogens is 257 g/mol. The topological polar surface area (TPSA) is 62.3 Å². The average Bonchev–Trinajstić information content (AvgIpc) is 2.37. The van der Waals surface area contributed by atoms with Crippen LogP contribution in [0.15, 0.2) is 18.2 Å². The highest BCUT2D eigenvalue weighted by Crippen LogP contribution is 2.14. The van der Waals surface area contributed by atoms with Crippen molar-refractivity contribution in [3.63, 3.8) is 0 Å². The Morgan fingerprint density at radius 3 is 2.65 bits per heavy atom. The molecule has 1 aromatic carbocycles. The van der Waals surface area contributed by atoms with Gasteiger partial charge >= 0.3 is 0 Å². The van der Waals surface area contributed by atoms with Gasteiger partial charge in [0.2, 0.25) is 0 Å². The highest BCUT2D eigenvalue weighted by molar-refractivity contribution is 5.94. The van der Waals surface area contributed by atoms with Gasteiger partial charge in [0, 0.05) is 37.9 Å². The minimum absolute atomic E-state index is 0.117. The Labute approximate surface area is 120 Å². The van der Waals surface area contributed by atoms with E-state index >= 15 is 0 Å². The summed E-state index contributed by atoms with van der Waals surface area (Å²) < 4.78 is 19.1. The molecule has 0 bridgehead atoms. The second kappa shape index (κ2) is 7.97. The standard InChI is InChI=1S/C15H24FN3O/c1-11(2)9-19(6-7-20-3)10-13-5-4-12(15(17)18)8-14(13)16/h4-5,8,11H,6-7,9-10H2,1-3H3,(H3,17,18). The van der Waals surface area contributed by atoms with Crippen molar-refractivity contribution in [2.75, 3.05) is 26.8 Å². The van der Waals surface area contributed by atoms with Crippen LogP contribution in [0.2, 0.25) is 0 Å². The molecule has 20 heavy (non-hydrogen) atoms. The summed E-state index contributed by atoms with van der Waals surface area (Å²) in [6.07, 6.45) is 0. The van der Waals surface area contributed by atoms with Crippen molar-refractivity contribution >= 4 is 5.84 Å². The number of hydrogen-bond donors (Lipinski definition) is 2. The average molecular weight is 281 g/mol. The van der Waals surface area contributed by atoms with E-state index in [1.807, 2.05) is 0 Å². The molecule has 0 unspecified atom stereocenters. The predicted molar refractivity (Wildman–Crippen MR) is 79.4 cm³/mol. The summed E-state index contributed by atoms with van der Waals surface area (Å²) >= 11 is 0. The van der Waals surface area contributed by atoms with E-state index in [9.17, 15) is 4.39 Å². The zero-order valence-electron chi connectivity index (χ0n) is 12.4. The number of nitrogens with zero attached hydrogens (tertiary/aromatic N) is 1. The first-order valence-electron chi connectivity index (χ1n) is 6.78. The first-order valence-corrected chi connectivity index (χ1v) is 6.78. The van der Waals surface area contributed by atoms with E-state index in [2.05, 4.69) is 18.7 Å². The number of benzene rings is 1. The van der Waals surface area contributed by atoms with Crippen LogP contribution in [0.5, 0.6) is 0 Å². The van der Waals surface area contributed by atoms with Crippen LogP contribution in [-0.4, -0.2) is 37.5 Å². The van der Waals surface area contributed by atoms with Crippen LogP contribution < -0.4 is 5.73 Å². The fraction of sp³-hybridized carbons (Fsp3) is 0.533. The van der Waals surface area contributed by atoms with E-state index in [0.29, 0.717) is 30.2 Å². The first-order chi connectivity index (χ1) is 9.43. The van der Waals surface area contributed by atoms with Gasteiger partial charge in [0.05, 0.1) is 6.61 Å². The molecule has 5 heteroatoms. The maximum Gasteiger partial charge on any atom is 0.128 e. The molecule has 112 valence electrons. The van der Waals surface area contributed by atoms with Crippen molar-refractivity contribution in [1.29, 1.82) is 5.41 Å². The molecule has 4 nitrogen and oxygen atoms in total. The van der Waals surface area contributed by atoms with Gasteiger partial charge < -0.3 is 10.5 Å². The molecule has 0 aromatic heterocycles. The molecule has 1 rings (SSSR count). The van der Waals surface area contributed by atoms with Gasteiger partial charge in [-0.05, 0) is 12.0 Å². The van der Waals surface area contributed by atoms with E-state index in [4.69, 9.17) is 15.9 Å². The first kappa shape index (κ1) is 16.6. The molecule has 0 aliphatic carbocycles. The number of hydrogen-bond acceptors (Lipinski definition) is 3. The zero-order valence-corrected chi connectivity index (χ0v) is 12.4. The van der Waals surface area contributed by atoms with Crippen LogP contribution in [0.3, 0.4) is 0 Å². The van der Waals surface area contributed by atoms with Crippen molar-refractivity contribution in [3.05, 3.63) is 35.1 Å². The van der Waals surface area contributed by atoms with Crippen molar-refractivity contribution in [2.45, 2.75) is 20.4 Å². The van der Waals surface area contributed by atoms with Crippen molar-refractivity contribution in [2.24, 2.45) is 11.7 Å². The predicted octanol–water partition coefficient (Wildman–Crippen LogP) is 2.21. The molecule has 0 saturated heterocycles. The third kappa shape index (κ3) is 5.27. The number of nitrogens with two attached hydrogens (primary N) is 1. The summed E-state index contributed by atoms with van der Waals surface area (Å²) in [7, 11) is 1.66. The Balaban J connectivity index is 2.79. The van der Waals surface area contributed by atoms with E-state index in [1.165, 1.54) is 6.07 Å². The van der Waals surface area contributed by atoms with E-state index in [0.717, 1.165) is 13.1 Å². The number of halogens is 1. The maximum absolute atomic E-state index is 14.0. The summed E-state index contributed by atoms with van der Waals surface area (Å²) in [5, 5.41) is 7.31. The van der Waals surface area contributed by atoms with E-state index in [-0.39, 0.29) is 11.7 Å². The number of nitrogens with one attached hydrogen (secondary N) is 1. The normalized spacial score (nSPS) is 11.3. The number of nitrogen functional groups attached to an aromatic ring is 1. The SMILES string of the molecule is COCCN(Cc1ccc(C(=N)N)cc1F)CC(C)C. The van der Waals surface area contributed by atoms with Gasteiger partial charge in [0.15, 0.2) is 0 Å². The lowest BCUT2D eigenvalue weighted by Crippen LogP contribution is -2.31. The Kier molecular flexibility index (Phi) is 6.61. The van der Waals surface area contributed by atoms with Crippen LogP contribution >= 0.6 is 0 Å². The lowest BCUT2D eigenvalue weighted by molar-refractivity contribution is 0.135. The lowest BCUT2D eigenvalue weighted by Gasteiger charge is -2.24. The maximum atomic E-state index is 14.0. The van der Waals surface area contributed by atoms with E-state index in [1.54, 1.807) is 19.2 Å². The second-order valence-electron chi connectivity index (χ2n) is 5.34. The summed E-state index contributed by atoms with van der Waals surface area (Å²) in [5.74, 6) is 0.0733. The molecule has 1 aromatic rings. The van der Waals surface area contributed by atoms with Gasteiger partial charge in [-0.15, -0.1) is 0 Å². The quantitative estimate of drug-likeness (QED) is 0.567. The molecule has 0 spiro atoms. The highest BCUT2D eigenvalue weighted by atomic mass is 19.1. The summed E-state index contributed by atoms with van der Waals surface area (Å²) in [5.41, 5.74) is 6.39. The molecule has 0 saturated carbocycles. The summed E-state index contributed by atoms with van der Waals surface area (Å²) in [6.45, 7) is 7.08. The van der Waals surface area contributed by atoms with Crippen molar-refractivity contribution < 1.29 is 9.13 Å². The molecule has 0 amide bonds. The number of amidine groups is 1. The van der Waals surface area contributed by atoms with Crippen molar-refractivity contribution in [1.82, 2.24) is 4.90 Å². The number of methoxy groups -OCH3 is 1. The zero-order chi connectivity index (χ0) is 15.1. The van der Waals surface area contributed by atoms with Gasteiger partial charge in [0.25, 0.3) is 0 Å². The molecule has 0 radical (unpaired) electrons. The summed E-state index contributed by atoms with van der Waals surface area (Å²) in [4.78, 5) is 2.17. The second-order valence-corrected chi connectivity index (χ2v) is 5.34. The van der Waals surface area contributed by atoms with Crippen LogP contribution in [0, 0.1) is 17.1 Å². The van der Waals surface area contributed by atoms with Crippen LogP contribution in [0.25, 0.3) is 0 Å². The Morgan fingerprint density at radius 1 is 1.45 bits per heavy atom. The highest BCUT2D eigenvalue weighted by Gasteiger charge is 2.12. The summed E-state index contributed by atoms with van der Waals surface area (Å²) in [6, 6.07) is 4.71. The third-order valence-corrected chi connectivity index (χ3v) is 2.99. The number of rotatable bonds is 8. The van der Waals surface area contributed by atoms with Gasteiger partial charge in [-0.3, -0.25) is 10.3 Å². The van der Waals surface area contributed by atoms with Gasteiger partial charge in [0.1, 0.15) is 11.7 Å². The molecule has 3 N–H and O–H groups in total. The molecule has 0 atom stereocenters. The smallest absolute Gasteiger partial charge is 0.128 e. The molecule has 0 heterocycles. The van der Waals surface area contributed by atoms with Crippen LogP contribution in [0.1, 0.15) is 25.0 Å². The van der Waals surface area contributed by atoms with Crippen molar-refractivity contribution in [3.8, 4) is 0 Å². The minimum atomic E-state index is -0.316. The molecular formula is C15H24FN3O. The fourth-order valence-corrected chi connectivity index (χ4v) is 2.06. The third-order valence-electron chi connectivity index (χ3n) is 2.99. The molecule has 0 fully saturated rings. The molecule has 0 aliphatic heterocycles. The van der Waals surface area contributed by atoms with Gasteiger partial charge in [-0.25, -0.2) is 4.39 Å². The largest absolute Gasteiger partial charge is 0.384 e.